The SMILES string of the molecule is O=C(Nc1ccc2oc(-c3ccncc3)nc2c1)c1sc2ccccc2c1Cl. The number of hydrogen-bond donors (Lipinski definition) is 1. The molecule has 0 bridgehead atoms. The fourth-order valence-corrected chi connectivity index (χ4v) is 4.38. The van der Waals surface area contributed by atoms with E-state index in [1.54, 1.807) is 30.6 Å². The number of carbonyl (C=O) groups is 1. The van der Waals surface area contributed by atoms with Gasteiger partial charge >= 0.3 is 0 Å². The van der Waals surface area contributed by atoms with Crippen LogP contribution in [-0.4, -0.2) is 15.9 Å². The van der Waals surface area contributed by atoms with Crippen LogP contribution in [0.2, 0.25) is 5.02 Å². The van der Waals surface area contributed by atoms with Gasteiger partial charge in [-0.3, -0.25) is 9.78 Å². The van der Waals surface area contributed by atoms with Crippen molar-refractivity contribution in [2.45, 2.75) is 0 Å². The van der Waals surface area contributed by atoms with Gasteiger partial charge in [-0.05, 0) is 36.4 Å². The van der Waals surface area contributed by atoms with Crippen molar-refractivity contribution >= 4 is 55.7 Å². The van der Waals surface area contributed by atoms with Crippen molar-refractivity contribution in [2.24, 2.45) is 0 Å². The Bertz CT molecular complexity index is 1330. The van der Waals surface area contributed by atoms with Crippen molar-refractivity contribution in [1.82, 2.24) is 9.97 Å². The number of amides is 1. The Hall–Kier alpha value is -3.22. The summed E-state index contributed by atoms with van der Waals surface area (Å²) in [4.78, 5) is 21.7. The minimum atomic E-state index is -0.247. The Morgan fingerprint density at radius 3 is 2.71 bits per heavy atom. The Morgan fingerprint density at radius 1 is 1.07 bits per heavy atom. The van der Waals surface area contributed by atoms with Crippen LogP contribution < -0.4 is 5.32 Å². The fraction of sp³-hybridized carbons (Fsp3) is 0. The van der Waals surface area contributed by atoms with Crippen molar-refractivity contribution < 1.29 is 9.21 Å². The number of carbonyl (C=O) groups excluding carboxylic acids is 1. The first-order valence-electron chi connectivity index (χ1n) is 8.48. The minimum absolute atomic E-state index is 0.247. The number of pyridine rings is 1. The lowest BCUT2D eigenvalue weighted by molar-refractivity contribution is 0.103. The van der Waals surface area contributed by atoms with E-state index in [0.717, 1.165) is 15.6 Å². The van der Waals surface area contributed by atoms with Gasteiger partial charge in [0.25, 0.3) is 5.91 Å². The minimum Gasteiger partial charge on any atom is -0.436 e. The molecule has 3 aromatic heterocycles. The van der Waals surface area contributed by atoms with Crippen LogP contribution in [0.25, 0.3) is 32.6 Å². The van der Waals surface area contributed by atoms with Gasteiger partial charge in [0.1, 0.15) is 10.4 Å². The predicted molar refractivity (Wildman–Crippen MR) is 112 cm³/mol. The number of anilines is 1. The predicted octanol–water partition coefficient (Wildman–Crippen LogP) is 6.01. The van der Waals surface area contributed by atoms with Crippen molar-refractivity contribution in [2.75, 3.05) is 5.32 Å². The molecule has 1 amide bonds. The average Bonchev–Trinajstić information content (AvgIpc) is 3.30. The van der Waals surface area contributed by atoms with E-state index in [9.17, 15) is 4.79 Å². The smallest absolute Gasteiger partial charge is 0.267 e. The number of halogens is 1. The molecule has 28 heavy (non-hydrogen) atoms. The lowest BCUT2D eigenvalue weighted by Gasteiger charge is -2.03. The van der Waals surface area contributed by atoms with Crippen LogP contribution in [0.15, 0.2) is 71.4 Å². The second-order valence-electron chi connectivity index (χ2n) is 6.13. The zero-order chi connectivity index (χ0) is 19.1. The van der Waals surface area contributed by atoms with Gasteiger partial charge in [0.15, 0.2) is 5.58 Å². The van der Waals surface area contributed by atoms with Gasteiger partial charge in [0.2, 0.25) is 5.89 Å². The van der Waals surface area contributed by atoms with Crippen LogP contribution >= 0.6 is 22.9 Å². The molecule has 0 saturated carbocycles. The molecule has 7 heteroatoms. The summed E-state index contributed by atoms with van der Waals surface area (Å²) in [5.74, 6) is 0.261. The second-order valence-corrected chi connectivity index (χ2v) is 7.56. The van der Waals surface area contributed by atoms with E-state index in [1.165, 1.54) is 11.3 Å². The first kappa shape index (κ1) is 16.9. The van der Waals surface area contributed by atoms with Crippen LogP contribution in [0.4, 0.5) is 5.69 Å². The molecule has 0 radical (unpaired) electrons. The maximum atomic E-state index is 12.7. The molecule has 0 aliphatic heterocycles. The van der Waals surface area contributed by atoms with Crippen LogP contribution in [0.1, 0.15) is 9.67 Å². The number of rotatable bonds is 3. The highest BCUT2D eigenvalue weighted by Gasteiger charge is 2.17. The first-order chi connectivity index (χ1) is 13.7. The Kier molecular flexibility index (Phi) is 4.07. The fourth-order valence-electron chi connectivity index (χ4n) is 2.97. The molecule has 0 saturated heterocycles. The maximum Gasteiger partial charge on any atom is 0.267 e. The van der Waals surface area contributed by atoms with Gasteiger partial charge in [-0.15, -0.1) is 11.3 Å². The number of hydrogen-bond acceptors (Lipinski definition) is 5. The highest BCUT2D eigenvalue weighted by atomic mass is 35.5. The van der Waals surface area contributed by atoms with Crippen LogP contribution in [0, 0.1) is 0 Å². The largest absolute Gasteiger partial charge is 0.436 e. The van der Waals surface area contributed by atoms with E-state index in [0.29, 0.717) is 32.6 Å². The van der Waals surface area contributed by atoms with Crippen molar-refractivity contribution in [1.29, 1.82) is 0 Å². The zero-order valence-corrected chi connectivity index (χ0v) is 15.9. The molecule has 0 aliphatic rings. The van der Waals surface area contributed by atoms with Gasteiger partial charge < -0.3 is 9.73 Å². The van der Waals surface area contributed by atoms with E-state index in [2.05, 4.69) is 15.3 Å². The topological polar surface area (TPSA) is 68.0 Å². The summed E-state index contributed by atoms with van der Waals surface area (Å²) in [5, 5.41) is 4.25. The lowest BCUT2D eigenvalue weighted by atomic mass is 10.2. The van der Waals surface area contributed by atoms with Crippen molar-refractivity contribution in [3.8, 4) is 11.5 Å². The number of aromatic nitrogens is 2. The summed E-state index contributed by atoms with van der Waals surface area (Å²) in [6, 6.07) is 16.7. The average molecular weight is 406 g/mol. The molecule has 0 aliphatic carbocycles. The second kappa shape index (κ2) is 6.74. The first-order valence-corrected chi connectivity index (χ1v) is 9.68. The quantitative estimate of drug-likeness (QED) is 0.399. The van der Waals surface area contributed by atoms with E-state index in [1.807, 2.05) is 36.4 Å². The van der Waals surface area contributed by atoms with Gasteiger partial charge in [-0.25, -0.2) is 4.98 Å². The number of benzene rings is 2. The Balaban J connectivity index is 1.46. The third-order valence-corrected chi connectivity index (χ3v) is 5.99. The van der Waals surface area contributed by atoms with Crippen molar-refractivity contribution in [3.63, 3.8) is 0 Å². The monoisotopic (exact) mass is 405 g/mol. The van der Waals surface area contributed by atoms with Gasteiger partial charge in [-0.1, -0.05) is 29.8 Å². The zero-order valence-electron chi connectivity index (χ0n) is 14.3. The molecule has 5 nitrogen and oxygen atoms in total. The number of fused-ring (bicyclic) bond motifs is 2. The Labute approximate surface area is 168 Å². The molecule has 0 spiro atoms. The summed E-state index contributed by atoms with van der Waals surface area (Å²) >= 11 is 7.77. The third kappa shape index (κ3) is 2.93. The van der Waals surface area contributed by atoms with Crippen LogP contribution in [-0.2, 0) is 0 Å². The summed E-state index contributed by atoms with van der Waals surface area (Å²) in [5.41, 5.74) is 2.77. The third-order valence-electron chi connectivity index (χ3n) is 4.31. The van der Waals surface area contributed by atoms with Gasteiger partial charge in [0, 0.05) is 33.7 Å². The van der Waals surface area contributed by atoms with Gasteiger partial charge in [-0.2, -0.15) is 0 Å². The number of nitrogens with zero attached hydrogens (tertiary/aromatic N) is 2. The summed E-state index contributed by atoms with van der Waals surface area (Å²) in [6.07, 6.45) is 3.37. The van der Waals surface area contributed by atoms with E-state index in [4.69, 9.17) is 16.0 Å². The number of nitrogens with one attached hydrogen (secondary N) is 1. The normalized spacial score (nSPS) is 11.2. The number of oxazole rings is 1. The van der Waals surface area contributed by atoms with Gasteiger partial charge in [0.05, 0.1) is 5.02 Å². The van der Waals surface area contributed by atoms with Crippen LogP contribution in [0.3, 0.4) is 0 Å². The molecule has 0 atom stereocenters. The highest BCUT2D eigenvalue weighted by molar-refractivity contribution is 7.21. The molecule has 5 rings (SSSR count). The number of thiophene rings is 1. The molecule has 1 N–H and O–H groups in total. The lowest BCUT2D eigenvalue weighted by Crippen LogP contribution is -2.10. The standard InChI is InChI=1S/C21H12ClN3O2S/c22-18-14-3-1-2-4-17(14)28-19(18)20(26)24-13-5-6-16-15(11-13)25-21(27-16)12-7-9-23-10-8-12/h1-11H,(H,24,26). The van der Waals surface area contributed by atoms with E-state index >= 15 is 0 Å². The summed E-state index contributed by atoms with van der Waals surface area (Å²) < 4.78 is 6.77. The summed E-state index contributed by atoms with van der Waals surface area (Å²) in [7, 11) is 0. The molecular weight excluding hydrogens is 394 g/mol. The molecule has 2 aromatic carbocycles. The maximum absolute atomic E-state index is 12.7. The molecule has 3 heterocycles. The summed E-state index contributed by atoms with van der Waals surface area (Å²) in [6.45, 7) is 0. The highest BCUT2D eigenvalue weighted by Crippen LogP contribution is 2.35. The molecule has 136 valence electrons. The van der Waals surface area contributed by atoms with E-state index in [-0.39, 0.29) is 5.91 Å². The molecule has 0 fully saturated rings. The van der Waals surface area contributed by atoms with Crippen molar-refractivity contribution in [3.05, 3.63) is 76.9 Å². The van der Waals surface area contributed by atoms with Crippen LogP contribution in [0.5, 0.6) is 0 Å². The molecule has 5 aromatic rings. The van der Waals surface area contributed by atoms with E-state index < -0.39 is 0 Å². The molecule has 0 unspecified atom stereocenters. The Morgan fingerprint density at radius 2 is 1.89 bits per heavy atom. The molecular formula is C21H12ClN3O2S.